The van der Waals surface area contributed by atoms with Crippen molar-refractivity contribution in [3.05, 3.63) is 104 Å². The van der Waals surface area contributed by atoms with Gasteiger partial charge in [-0.15, -0.1) is 0 Å². The molecule has 0 amide bonds. The maximum atomic E-state index is 6.26. The minimum atomic E-state index is 0.561. The molecule has 2 aromatic heterocycles. The topological polar surface area (TPSA) is 87.2 Å². The lowest BCUT2D eigenvalue weighted by Gasteiger charge is -2.32. The van der Waals surface area contributed by atoms with Gasteiger partial charge in [-0.2, -0.15) is 0 Å². The fraction of sp³-hybridized carbons (Fsp3) is 0.270. The molecule has 0 radical (unpaired) electrons. The molecule has 3 heterocycles. The molecule has 4 aromatic carbocycles. The third-order valence-electron chi connectivity index (χ3n) is 8.72. The van der Waals surface area contributed by atoms with E-state index in [0.29, 0.717) is 5.92 Å². The third kappa shape index (κ3) is 6.91. The quantitative estimate of drug-likeness (QED) is 0.129. The van der Waals surface area contributed by atoms with Crippen molar-refractivity contribution in [3.8, 4) is 5.75 Å². The Hall–Kier alpha value is -4.95. The van der Waals surface area contributed by atoms with Crippen molar-refractivity contribution in [2.45, 2.75) is 12.8 Å². The van der Waals surface area contributed by atoms with Crippen LogP contribution in [0.1, 0.15) is 12.8 Å². The average Bonchev–Trinajstić information content (AvgIpc) is 3.10. The Kier molecular flexibility index (Phi) is 8.82. The van der Waals surface area contributed by atoms with Gasteiger partial charge in [0.15, 0.2) is 0 Å². The number of piperidine rings is 1. The highest BCUT2D eigenvalue weighted by Gasteiger charge is 2.20. The molecule has 0 aliphatic carbocycles. The molecule has 0 unspecified atom stereocenters. The molecule has 1 fully saturated rings. The second kappa shape index (κ2) is 13.8. The highest BCUT2D eigenvalue weighted by Crippen LogP contribution is 2.26. The minimum absolute atomic E-state index is 0.561. The summed E-state index contributed by atoms with van der Waals surface area (Å²) in [6, 6.07) is 31.3. The molecule has 45 heavy (non-hydrogen) atoms. The number of likely N-dealkylation sites (tertiary alicyclic amines) is 1. The van der Waals surface area contributed by atoms with Gasteiger partial charge in [0.05, 0.1) is 17.6 Å². The molecule has 3 N–H and O–H groups in total. The molecule has 8 heteroatoms. The molecule has 6 aromatic rings. The Labute approximate surface area is 263 Å². The number of para-hydroxylation sites is 1. The summed E-state index contributed by atoms with van der Waals surface area (Å²) >= 11 is 0. The van der Waals surface area contributed by atoms with Gasteiger partial charge in [0.1, 0.15) is 17.9 Å². The van der Waals surface area contributed by atoms with Crippen LogP contribution >= 0.6 is 0 Å². The molecular formula is C37H39N7O. The normalized spacial score (nSPS) is 14.1. The van der Waals surface area contributed by atoms with Crippen LogP contribution < -0.4 is 20.7 Å². The predicted octanol–water partition coefficient (Wildman–Crippen LogP) is 7.06. The van der Waals surface area contributed by atoms with Gasteiger partial charge in [-0.3, -0.25) is 4.98 Å². The summed E-state index contributed by atoms with van der Waals surface area (Å²) in [5.41, 5.74) is 4.21. The van der Waals surface area contributed by atoms with E-state index in [9.17, 15) is 0 Å². The van der Waals surface area contributed by atoms with E-state index in [2.05, 4.69) is 109 Å². The van der Waals surface area contributed by atoms with Crippen LogP contribution in [0.4, 0.5) is 17.2 Å². The third-order valence-corrected chi connectivity index (χ3v) is 8.72. The van der Waals surface area contributed by atoms with Crippen molar-refractivity contribution in [3.63, 3.8) is 0 Å². The fourth-order valence-electron chi connectivity index (χ4n) is 6.21. The van der Waals surface area contributed by atoms with E-state index < -0.39 is 0 Å². The zero-order valence-corrected chi connectivity index (χ0v) is 25.5. The molecule has 0 atom stereocenters. The molecular weight excluding hydrogens is 558 g/mol. The Morgan fingerprint density at radius 1 is 0.667 bits per heavy atom. The number of hydrogen-bond acceptors (Lipinski definition) is 8. The van der Waals surface area contributed by atoms with Crippen molar-refractivity contribution < 1.29 is 4.74 Å². The zero-order chi connectivity index (χ0) is 30.3. The molecule has 7 rings (SSSR count). The largest absolute Gasteiger partial charge is 0.493 e. The van der Waals surface area contributed by atoms with Crippen LogP contribution in [0, 0.1) is 5.92 Å². The predicted molar refractivity (Wildman–Crippen MR) is 185 cm³/mol. The SMILES string of the molecule is c1ccc2c(NCCNc3ncnc4cc(OCC5CCN(CCNc6ccnc7ccccc67)CC5)ccc34)cccc2c1. The second-order valence-electron chi connectivity index (χ2n) is 11.7. The summed E-state index contributed by atoms with van der Waals surface area (Å²) in [6.07, 6.45) is 5.79. The van der Waals surface area contributed by atoms with Gasteiger partial charge in [0.25, 0.3) is 0 Å². The summed E-state index contributed by atoms with van der Waals surface area (Å²) < 4.78 is 6.26. The number of aromatic nitrogens is 3. The maximum Gasteiger partial charge on any atom is 0.137 e. The highest BCUT2D eigenvalue weighted by atomic mass is 16.5. The summed E-state index contributed by atoms with van der Waals surface area (Å²) in [7, 11) is 0. The number of nitrogens with one attached hydrogen (secondary N) is 3. The number of nitrogens with zero attached hydrogens (tertiary/aromatic N) is 4. The number of rotatable bonds is 12. The molecule has 0 saturated carbocycles. The maximum absolute atomic E-state index is 6.26. The highest BCUT2D eigenvalue weighted by molar-refractivity contribution is 5.94. The van der Waals surface area contributed by atoms with E-state index in [1.165, 1.54) is 16.2 Å². The van der Waals surface area contributed by atoms with Crippen LogP contribution in [0.15, 0.2) is 104 Å². The lowest BCUT2D eigenvalue weighted by molar-refractivity contribution is 0.145. The van der Waals surface area contributed by atoms with E-state index in [0.717, 1.165) is 98.1 Å². The molecule has 8 nitrogen and oxygen atoms in total. The molecule has 0 bridgehead atoms. The summed E-state index contributed by atoms with van der Waals surface area (Å²) in [5.74, 6) is 2.26. The number of benzene rings is 4. The van der Waals surface area contributed by atoms with Crippen molar-refractivity contribution in [2.75, 3.05) is 61.8 Å². The van der Waals surface area contributed by atoms with Crippen LogP contribution in [0.5, 0.6) is 5.75 Å². The fourth-order valence-corrected chi connectivity index (χ4v) is 6.21. The van der Waals surface area contributed by atoms with Gasteiger partial charge < -0.3 is 25.6 Å². The number of fused-ring (bicyclic) bond motifs is 3. The smallest absolute Gasteiger partial charge is 0.137 e. The summed E-state index contributed by atoms with van der Waals surface area (Å²) in [4.78, 5) is 16.0. The van der Waals surface area contributed by atoms with Gasteiger partial charge in [-0.05, 0) is 67.6 Å². The molecule has 0 spiro atoms. The molecule has 1 aliphatic rings. The molecule has 228 valence electrons. The first kappa shape index (κ1) is 28.8. The number of anilines is 3. The Balaban J connectivity index is 0.856. The van der Waals surface area contributed by atoms with Crippen molar-refractivity contribution in [1.82, 2.24) is 19.9 Å². The van der Waals surface area contributed by atoms with Crippen LogP contribution in [0.2, 0.25) is 0 Å². The second-order valence-corrected chi connectivity index (χ2v) is 11.7. The average molecular weight is 598 g/mol. The van der Waals surface area contributed by atoms with Crippen LogP contribution in [-0.2, 0) is 0 Å². The zero-order valence-electron chi connectivity index (χ0n) is 25.5. The van der Waals surface area contributed by atoms with Gasteiger partial charge in [0, 0.05) is 66.0 Å². The van der Waals surface area contributed by atoms with Crippen LogP contribution in [0.25, 0.3) is 32.6 Å². The first-order valence-corrected chi connectivity index (χ1v) is 15.9. The number of ether oxygens (including phenoxy) is 1. The van der Waals surface area contributed by atoms with Crippen LogP contribution in [-0.4, -0.2) is 65.7 Å². The van der Waals surface area contributed by atoms with Gasteiger partial charge in [0.2, 0.25) is 0 Å². The van der Waals surface area contributed by atoms with E-state index in [4.69, 9.17) is 4.74 Å². The van der Waals surface area contributed by atoms with Crippen molar-refractivity contribution >= 4 is 49.8 Å². The number of hydrogen-bond donors (Lipinski definition) is 3. The Bertz CT molecular complexity index is 1880. The van der Waals surface area contributed by atoms with Crippen LogP contribution in [0.3, 0.4) is 0 Å². The molecule has 1 aliphatic heterocycles. The first-order valence-electron chi connectivity index (χ1n) is 15.9. The van der Waals surface area contributed by atoms with E-state index in [1.807, 2.05) is 24.4 Å². The van der Waals surface area contributed by atoms with Gasteiger partial charge in [-0.1, -0.05) is 54.6 Å². The lowest BCUT2D eigenvalue weighted by Crippen LogP contribution is -2.38. The van der Waals surface area contributed by atoms with Gasteiger partial charge >= 0.3 is 0 Å². The first-order chi connectivity index (χ1) is 22.3. The Morgan fingerprint density at radius 3 is 2.38 bits per heavy atom. The van der Waals surface area contributed by atoms with E-state index >= 15 is 0 Å². The van der Waals surface area contributed by atoms with E-state index in [1.54, 1.807) is 6.33 Å². The van der Waals surface area contributed by atoms with Crippen molar-refractivity contribution in [2.24, 2.45) is 5.92 Å². The standard InChI is InChI=1S/C37H39N7O/c1-2-8-30-28(6-1)7-5-11-33(30)39-18-19-41-37-32-13-12-29(24-36(32)42-26-43-37)45-25-27-15-21-44(22-16-27)23-20-40-35-14-17-38-34-10-4-3-9-31(34)35/h1-14,17,24,26-27,39H,15-16,18-23,25H2,(H,38,40)(H,41,42,43). The minimum Gasteiger partial charge on any atom is -0.493 e. The van der Waals surface area contributed by atoms with Crippen molar-refractivity contribution in [1.29, 1.82) is 0 Å². The van der Waals surface area contributed by atoms with E-state index in [-0.39, 0.29) is 0 Å². The number of pyridine rings is 1. The summed E-state index contributed by atoms with van der Waals surface area (Å²) in [5, 5.41) is 15.3. The Morgan fingerprint density at radius 2 is 1.44 bits per heavy atom. The summed E-state index contributed by atoms with van der Waals surface area (Å²) in [6.45, 7) is 6.40. The molecule has 1 saturated heterocycles. The van der Waals surface area contributed by atoms with Gasteiger partial charge in [-0.25, -0.2) is 9.97 Å². The monoisotopic (exact) mass is 597 g/mol. The lowest BCUT2D eigenvalue weighted by atomic mass is 9.98.